The first-order chi connectivity index (χ1) is 9.74. The highest BCUT2D eigenvalue weighted by Crippen LogP contribution is 2.19. The van der Waals surface area contributed by atoms with Crippen molar-refractivity contribution in [3.8, 4) is 17.2 Å². The van der Waals surface area contributed by atoms with Crippen molar-refractivity contribution in [2.45, 2.75) is 13.3 Å². The van der Waals surface area contributed by atoms with Gasteiger partial charge >= 0.3 is 0 Å². The third-order valence-electron chi connectivity index (χ3n) is 2.88. The van der Waals surface area contributed by atoms with Gasteiger partial charge in [-0.3, -0.25) is 9.78 Å². The summed E-state index contributed by atoms with van der Waals surface area (Å²) in [6, 6.07) is 12.9. The van der Waals surface area contributed by atoms with E-state index in [2.05, 4.69) is 16.4 Å². The van der Waals surface area contributed by atoms with Crippen LogP contribution >= 0.6 is 0 Å². The van der Waals surface area contributed by atoms with Gasteiger partial charge in [-0.05, 0) is 41.8 Å². The molecule has 0 aliphatic rings. The van der Waals surface area contributed by atoms with Crippen LogP contribution in [0.2, 0.25) is 0 Å². The summed E-state index contributed by atoms with van der Waals surface area (Å²) < 4.78 is 0. The van der Waals surface area contributed by atoms with Gasteiger partial charge in [-0.25, -0.2) is 0 Å². The quantitative estimate of drug-likeness (QED) is 0.924. The van der Waals surface area contributed by atoms with Crippen LogP contribution in [0.5, 0.6) is 0 Å². The second kappa shape index (κ2) is 6.48. The molecule has 0 aliphatic carbocycles. The Labute approximate surface area is 118 Å². The van der Waals surface area contributed by atoms with Crippen molar-refractivity contribution in [1.29, 1.82) is 5.26 Å². The number of aromatic nitrogens is 1. The average Bonchev–Trinajstić information content (AvgIpc) is 2.52. The number of benzene rings is 1. The van der Waals surface area contributed by atoms with Crippen molar-refractivity contribution >= 4 is 5.91 Å². The molecule has 1 N–H and O–H groups in total. The molecule has 100 valence electrons. The minimum absolute atomic E-state index is 0.164. The van der Waals surface area contributed by atoms with Crippen LogP contribution < -0.4 is 5.32 Å². The lowest BCUT2D eigenvalue weighted by Gasteiger charge is -2.05. The Bertz CT molecular complexity index is 642. The highest BCUT2D eigenvalue weighted by molar-refractivity contribution is 5.93. The topological polar surface area (TPSA) is 65.8 Å². The lowest BCUT2D eigenvalue weighted by Crippen LogP contribution is -2.24. The molecule has 0 spiro atoms. The normalized spacial score (nSPS) is 9.80. The fourth-order valence-corrected chi connectivity index (χ4v) is 1.80. The fourth-order valence-electron chi connectivity index (χ4n) is 1.80. The Morgan fingerprint density at radius 2 is 2.00 bits per heavy atom. The Kier molecular flexibility index (Phi) is 4.46. The molecule has 0 bridgehead atoms. The molecular weight excluding hydrogens is 250 g/mol. The van der Waals surface area contributed by atoms with E-state index in [1.807, 2.05) is 25.1 Å². The predicted octanol–water partition coefficient (Wildman–Crippen LogP) is 2.76. The van der Waals surface area contributed by atoms with Gasteiger partial charge < -0.3 is 5.32 Å². The maximum absolute atomic E-state index is 11.9. The number of carbonyl (C=O) groups is 1. The van der Waals surface area contributed by atoms with Crippen molar-refractivity contribution in [3.63, 3.8) is 0 Å². The number of hydrogen-bond donors (Lipinski definition) is 1. The van der Waals surface area contributed by atoms with E-state index in [1.54, 1.807) is 24.4 Å². The van der Waals surface area contributed by atoms with Crippen LogP contribution in [0.4, 0.5) is 0 Å². The highest BCUT2D eigenvalue weighted by atomic mass is 16.1. The minimum atomic E-state index is -0.164. The molecule has 1 aromatic heterocycles. The number of amides is 1. The molecule has 20 heavy (non-hydrogen) atoms. The summed E-state index contributed by atoms with van der Waals surface area (Å²) in [6.45, 7) is 2.64. The summed E-state index contributed by atoms with van der Waals surface area (Å²) >= 11 is 0. The summed E-state index contributed by atoms with van der Waals surface area (Å²) in [5, 5.41) is 11.6. The lowest BCUT2D eigenvalue weighted by molar-refractivity contribution is 0.0949. The molecule has 0 fully saturated rings. The van der Waals surface area contributed by atoms with Crippen molar-refractivity contribution in [2.24, 2.45) is 0 Å². The first-order valence-electron chi connectivity index (χ1n) is 6.49. The van der Waals surface area contributed by atoms with Crippen molar-refractivity contribution in [2.75, 3.05) is 6.54 Å². The summed E-state index contributed by atoms with van der Waals surface area (Å²) in [4.78, 5) is 16.0. The number of carbonyl (C=O) groups excluding carboxylic acids is 1. The molecule has 0 atom stereocenters. The van der Waals surface area contributed by atoms with E-state index in [9.17, 15) is 4.79 Å². The second-order valence-corrected chi connectivity index (χ2v) is 4.37. The number of rotatable bonds is 4. The molecule has 1 amide bonds. The molecule has 1 aromatic carbocycles. The van der Waals surface area contributed by atoms with Crippen LogP contribution in [0, 0.1) is 11.3 Å². The average molecular weight is 265 g/mol. The van der Waals surface area contributed by atoms with Gasteiger partial charge in [0, 0.05) is 12.7 Å². The Hall–Kier alpha value is -2.67. The van der Waals surface area contributed by atoms with Crippen LogP contribution in [-0.4, -0.2) is 17.4 Å². The van der Waals surface area contributed by atoms with E-state index in [0.29, 0.717) is 17.8 Å². The molecule has 0 radical (unpaired) electrons. The smallest absolute Gasteiger partial charge is 0.269 e. The third-order valence-corrected chi connectivity index (χ3v) is 2.88. The monoisotopic (exact) mass is 265 g/mol. The zero-order valence-corrected chi connectivity index (χ0v) is 11.3. The SMILES string of the molecule is CCCNC(=O)c1cc(-c2ccc(C#N)cc2)ccn1. The van der Waals surface area contributed by atoms with Gasteiger partial charge in [-0.2, -0.15) is 5.26 Å². The number of nitriles is 1. The Balaban J connectivity index is 2.24. The molecule has 2 rings (SSSR count). The van der Waals surface area contributed by atoms with Gasteiger partial charge in [0.1, 0.15) is 5.69 Å². The van der Waals surface area contributed by atoms with Gasteiger partial charge in [0.15, 0.2) is 0 Å². The van der Waals surface area contributed by atoms with Crippen molar-refractivity contribution < 1.29 is 4.79 Å². The van der Waals surface area contributed by atoms with Crippen LogP contribution in [0.25, 0.3) is 11.1 Å². The third kappa shape index (κ3) is 3.21. The van der Waals surface area contributed by atoms with Crippen LogP contribution in [0.15, 0.2) is 42.6 Å². The molecule has 4 nitrogen and oxygen atoms in total. The van der Waals surface area contributed by atoms with Gasteiger partial charge in [-0.1, -0.05) is 19.1 Å². The van der Waals surface area contributed by atoms with E-state index in [4.69, 9.17) is 5.26 Å². The predicted molar refractivity (Wildman–Crippen MR) is 77.0 cm³/mol. The minimum Gasteiger partial charge on any atom is -0.351 e. The first-order valence-corrected chi connectivity index (χ1v) is 6.49. The van der Waals surface area contributed by atoms with Gasteiger partial charge in [0.25, 0.3) is 5.91 Å². The molecule has 0 saturated heterocycles. The molecule has 4 heteroatoms. The van der Waals surface area contributed by atoms with E-state index in [1.165, 1.54) is 0 Å². The lowest BCUT2D eigenvalue weighted by atomic mass is 10.0. The Morgan fingerprint density at radius 3 is 2.65 bits per heavy atom. The number of nitrogens with one attached hydrogen (secondary N) is 1. The van der Waals surface area contributed by atoms with Gasteiger partial charge in [0.2, 0.25) is 0 Å². The Morgan fingerprint density at radius 1 is 1.25 bits per heavy atom. The summed E-state index contributed by atoms with van der Waals surface area (Å²) in [5.41, 5.74) is 2.88. The maximum Gasteiger partial charge on any atom is 0.269 e. The van der Waals surface area contributed by atoms with Gasteiger partial charge in [-0.15, -0.1) is 0 Å². The maximum atomic E-state index is 11.9. The molecular formula is C16H15N3O. The summed E-state index contributed by atoms with van der Waals surface area (Å²) in [5.74, 6) is -0.164. The zero-order valence-electron chi connectivity index (χ0n) is 11.3. The molecule has 0 unspecified atom stereocenters. The molecule has 0 saturated carbocycles. The van der Waals surface area contributed by atoms with Crippen LogP contribution in [0.1, 0.15) is 29.4 Å². The van der Waals surface area contributed by atoms with E-state index >= 15 is 0 Å². The number of hydrogen-bond acceptors (Lipinski definition) is 3. The van der Waals surface area contributed by atoms with E-state index in [0.717, 1.165) is 17.5 Å². The first kappa shape index (κ1) is 13.8. The zero-order chi connectivity index (χ0) is 14.4. The largest absolute Gasteiger partial charge is 0.351 e. The summed E-state index contributed by atoms with van der Waals surface area (Å²) in [6.07, 6.45) is 2.51. The van der Waals surface area contributed by atoms with Crippen LogP contribution in [-0.2, 0) is 0 Å². The van der Waals surface area contributed by atoms with Gasteiger partial charge in [0.05, 0.1) is 11.6 Å². The molecule has 0 aliphatic heterocycles. The van der Waals surface area contributed by atoms with Crippen LogP contribution in [0.3, 0.4) is 0 Å². The number of nitrogens with zero attached hydrogens (tertiary/aromatic N) is 2. The second-order valence-electron chi connectivity index (χ2n) is 4.37. The fraction of sp³-hybridized carbons (Fsp3) is 0.188. The highest BCUT2D eigenvalue weighted by Gasteiger charge is 2.07. The van der Waals surface area contributed by atoms with Crippen molar-refractivity contribution in [1.82, 2.24) is 10.3 Å². The number of pyridine rings is 1. The molecule has 2 aromatic rings. The van der Waals surface area contributed by atoms with E-state index in [-0.39, 0.29) is 5.91 Å². The standard InChI is InChI=1S/C16H15N3O/c1-2-8-19-16(20)15-10-14(7-9-18-15)13-5-3-12(11-17)4-6-13/h3-7,9-10H,2,8H2,1H3,(H,19,20). The van der Waals surface area contributed by atoms with Crippen molar-refractivity contribution in [3.05, 3.63) is 53.9 Å². The summed E-state index contributed by atoms with van der Waals surface area (Å²) in [7, 11) is 0. The van der Waals surface area contributed by atoms with E-state index < -0.39 is 0 Å². The molecule has 1 heterocycles.